The van der Waals surface area contributed by atoms with E-state index in [1.807, 2.05) is 12.1 Å². The van der Waals surface area contributed by atoms with E-state index in [9.17, 15) is 0 Å². The predicted octanol–water partition coefficient (Wildman–Crippen LogP) is 2.44. The Morgan fingerprint density at radius 1 is 1.25 bits per heavy atom. The molecule has 1 aromatic rings. The van der Waals surface area contributed by atoms with Crippen molar-refractivity contribution in [1.82, 2.24) is 4.90 Å². The highest BCUT2D eigenvalue weighted by atomic mass is 79.9. The lowest BCUT2D eigenvalue weighted by atomic mass is 10.3. The molecule has 0 aliphatic carbocycles. The number of hydrogen-bond acceptors (Lipinski definition) is 3. The highest BCUT2D eigenvalue weighted by Gasteiger charge is 1.97. The molecule has 0 aliphatic heterocycles. The summed E-state index contributed by atoms with van der Waals surface area (Å²) in [4.78, 5) is 2.25. The molecule has 0 saturated heterocycles. The van der Waals surface area contributed by atoms with Crippen molar-refractivity contribution in [2.75, 3.05) is 45.7 Å². The lowest BCUT2D eigenvalue weighted by Crippen LogP contribution is -2.28. The van der Waals surface area contributed by atoms with Crippen molar-refractivity contribution in [2.45, 2.75) is 0 Å². The maximum Gasteiger partial charge on any atom is 0.0589 e. The number of ether oxygens (including phenoxy) is 1. The fourth-order valence-corrected chi connectivity index (χ4v) is 1.58. The van der Waals surface area contributed by atoms with Crippen LogP contribution in [0.2, 0.25) is 0 Å². The normalized spacial score (nSPS) is 10.8. The van der Waals surface area contributed by atoms with Crippen LogP contribution in [0.1, 0.15) is 0 Å². The van der Waals surface area contributed by atoms with E-state index < -0.39 is 0 Å². The first-order valence-electron chi connectivity index (χ1n) is 5.39. The summed E-state index contributed by atoms with van der Waals surface area (Å²) in [6, 6.07) is 8.21. The Kier molecular flexibility index (Phi) is 6.45. The molecule has 0 fully saturated rings. The van der Waals surface area contributed by atoms with Crippen LogP contribution in [-0.4, -0.2) is 45.3 Å². The van der Waals surface area contributed by atoms with Gasteiger partial charge in [0.25, 0.3) is 0 Å². The van der Waals surface area contributed by atoms with E-state index in [1.54, 1.807) is 7.11 Å². The molecule has 0 saturated carbocycles. The average molecular weight is 287 g/mol. The largest absolute Gasteiger partial charge is 0.384 e. The van der Waals surface area contributed by atoms with Crippen LogP contribution < -0.4 is 5.32 Å². The fraction of sp³-hybridized carbons (Fsp3) is 0.500. The van der Waals surface area contributed by atoms with Crippen molar-refractivity contribution in [3.05, 3.63) is 28.7 Å². The number of anilines is 1. The molecular formula is C12H19BrN2O. The Hall–Kier alpha value is -0.580. The molecule has 0 atom stereocenters. The van der Waals surface area contributed by atoms with E-state index >= 15 is 0 Å². The van der Waals surface area contributed by atoms with Gasteiger partial charge >= 0.3 is 0 Å². The summed E-state index contributed by atoms with van der Waals surface area (Å²) in [7, 11) is 3.83. The lowest BCUT2D eigenvalue weighted by molar-refractivity contribution is 0.163. The van der Waals surface area contributed by atoms with Gasteiger partial charge in [0, 0.05) is 36.9 Å². The van der Waals surface area contributed by atoms with Crippen LogP contribution in [0, 0.1) is 0 Å². The zero-order valence-corrected chi connectivity index (χ0v) is 11.5. The lowest BCUT2D eigenvalue weighted by Gasteiger charge is -2.16. The average Bonchev–Trinajstić information content (AvgIpc) is 2.29. The highest BCUT2D eigenvalue weighted by molar-refractivity contribution is 9.10. The van der Waals surface area contributed by atoms with E-state index in [0.29, 0.717) is 0 Å². The van der Waals surface area contributed by atoms with E-state index in [1.165, 1.54) is 0 Å². The van der Waals surface area contributed by atoms with E-state index in [4.69, 9.17) is 4.74 Å². The predicted molar refractivity (Wildman–Crippen MR) is 72.0 cm³/mol. The van der Waals surface area contributed by atoms with Gasteiger partial charge in [0.2, 0.25) is 0 Å². The standard InChI is InChI=1S/C12H19BrN2O/c1-15(9-10-16-2)8-7-14-12-5-3-11(13)4-6-12/h3-6,14H,7-10H2,1-2H3. The number of hydrogen-bond donors (Lipinski definition) is 1. The molecule has 90 valence electrons. The zero-order valence-electron chi connectivity index (χ0n) is 9.87. The SMILES string of the molecule is COCCN(C)CCNc1ccc(Br)cc1. The first-order valence-corrected chi connectivity index (χ1v) is 6.18. The molecule has 0 heterocycles. The number of nitrogens with one attached hydrogen (secondary N) is 1. The number of methoxy groups -OCH3 is 1. The first-order chi connectivity index (χ1) is 7.72. The van der Waals surface area contributed by atoms with Gasteiger partial charge < -0.3 is 15.0 Å². The molecule has 3 nitrogen and oxygen atoms in total. The monoisotopic (exact) mass is 286 g/mol. The van der Waals surface area contributed by atoms with Crippen molar-refractivity contribution in [3.8, 4) is 0 Å². The van der Waals surface area contributed by atoms with Crippen LogP contribution in [0.15, 0.2) is 28.7 Å². The maximum absolute atomic E-state index is 5.02. The van der Waals surface area contributed by atoms with Gasteiger partial charge in [-0.15, -0.1) is 0 Å². The molecule has 16 heavy (non-hydrogen) atoms. The Morgan fingerprint density at radius 3 is 2.56 bits per heavy atom. The summed E-state index contributed by atoms with van der Waals surface area (Å²) in [5.41, 5.74) is 1.16. The highest BCUT2D eigenvalue weighted by Crippen LogP contribution is 2.13. The van der Waals surface area contributed by atoms with Gasteiger partial charge in [0.1, 0.15) is 0 Å². The Balaban J connectivity index is 2.17. The quantitative estimate of drug-likeness (QED) is 0.833. The van der Waals surface area contributed by atoms with Crippen LogP contribution >= 0.6 is 15.9 Å². The van der Waals surface area contributed by atoms with Crippen molar-refractivity contribution >= 4 is 21.6 Å². The van der Waals surface area contributed by atoms with Gasteiger partial charge in [0.05, 0.1) is 6.61 Å². The smallest absolute Gasteiger partial charge is 0.0589 e. The summed E-state index contributed by atoms with van der Waals surface area (Å²) in [6.07, 6.45) is 0. The molecule has 0 unspecified atom stereocenters. The minimum absolute atomic E-state index is 0.786. The van der Waals surface area contributed by atoms with Gasteiger partial charge in [-0.25, -0.2) is 0 Å². The van der Waals surface area contributed by atoms with E-state index in [-0.39, 0.29) is 0 Å². The van der Waals surface area contributed by atoms with Crippen LogP contribution in [0.5, 0.6) is 0 Å². The van der Waals surface area contributed by atoms with Crippen LogP contribution in [0.3, 0.4) is 0 Å². The summed E-state index contributed by atoms with van der Waals surface area (Å²) in [5, 5.41) is 3.38. The molecule has 0 aliphatic rings. The molecule has 4 heteroatoms. The summed E-state index contributed by atoms with van der Waals surface area (Å²) >= 11 is 3.42. The molecule has 0 bridgehead atoms. The van der Waals surface area contributed by atoms with E-state index in [0.717, 1.165) is 36.4 Å². The van der Waals surface area contributed by atoms with Crippen molar-refractivity contribution in [1.29, 1.82) is 0 Å². The van der Waals surface area contributed by atoms with Gasteiger partial charge in [-0.3, -0.25) is 0 Å². The third kappa shape index (κ3) is 5.49. The Morgan fingerprint density at radius 2 is 1.94 bits per heavy atom. The Labute approximate surface area is 106 Å². The topological polar surface area (TPSA) is 24.5 Å². The van der Waals surface area contributed by atoms with Crippen LogP contribution in [0.4, 0.5) is 5.69 Å². The van der Waals surface area contributed by atoms with Crippen molar-refractivity contribution in [3.63, 3.8) is 0 Å². The van der Waals surface area contributed by atoms with Crippen LogP contribution in [0.25, 0.3) is 0 Å². The molecule has 1 aromatic carbocycles. The van der Waals surface area contributed by atoms with Crippen LogP contribution in [-0.2, 0) is 4.74 Å². The minimum atomic E-state index is 0.786. The third-order valence-corrected chi connectivity index (χ3v) is 2.87. The van der Waals surface area contributed by atoms with Gasteiger partial charge in [-0.2, -0.15) is 0 Å². The second-order valence-electron chi connectivity index (χ2n) is 3.73. The number of nitrogens with zero attached hydrogens (tertiary/aromatic N) is 1. The van der Waals surface area contributed by atoms with Gasteiger partial charge in [-0.05, 0) is 31.3 Å². The molecule has 0 radical (unpaired) electrons. The molecular weight excluding hydrogens is 268 g/mol. The zero-order chi connectivity index (χ0) is 11.8. The fourth-order valence-electron chi connectivity index (χ4n) is 1.32. The number of halogens is 1. The van der Waals surface area contributed by atoms with Gasteiger partial charge in [-0.1, -0.05) is 15.9 Å². The summed E-state index contributed by atoms with van der Waals surface area (Å²) < 4.78 is 6.13. The molecule has 1 N–H and O–H groups in total. The molecule has 1 rings (SSSR count). The second kappa shape index (κ2) is 7.65. The second-order valence-corrected chi connectivity index (χ2v) is 4.65. The van der Waals surface area contributed by atoms with Gasteiger partial charge in [0.15, 0.2) is 0 Å². The molecule has 0 spiro atoms. The van der Waals surface area contributed by atoms with E-state index in [2.05, 4.69) is 45.3 Å². The summed E-state index contributed by atoms with van der Waals surface area (Å²) in [5.74, 6) is 0. The molecule has 0 amide bonds. The third-order valence-electron chi connectivity index (χ3n) is 2.34. The number of rotatable bonds is 7. The Bertz CT molecular complexity index is 290. The first kappa shape index (κ1) is 13.5. The number of likely N-dealkylation sites (N-methyl/N-ethyl adjacent to an activating group) is 1. The minimum Gasteiger partial charge on any atom is -0.384 e. The van der Waals surface area contributed by atoms with Crippen molar-refractivity contribution < 1.29 is 4.74 Å². The summed E-state index contributed by atoms with van der Waals surface area (Å²) in [6.45, 7) is 3.72. The maximum atomic E-state index is 5.02. The molecule has 0 aromatic heterocycles. The van der Waals surface area contributed by atoms with Crippen molar-refractivity contribution in [2.24, 2.45) is 0 Å². The number of benzene rings is 1.